The van der Waals surface area contributed by atoms with Crippen LogP contribution in [-0.2, 0) is 5.88 Å². The zero-order chi connectivity index (χ0) is 10.7. The van der Waals surface area contributed by atoms with Gasteiger partial charge in [0, 0.05) is 21.8 Å². The molecule has 2 nitrogen and oxygen atoms in total. The Balaban J connectivity index is 3.42. The summed E-state index contributed by atoms with van der Waals surface area (Å²) >= 11 is 8.41. The van der Waals surface area contributed by atoms with Crippen LogP contribution in [0.5, 0.6) is 0 Å². The predicted molar refractivity (Wildman–Crippen MR) is 51.8 cm³/mol. The number of carbonyl (C=O) groups is 1. The molecule has 0 saturated carbocycles. The Morgan fingerprint density at radius 1 is 1.64 bits per heavy atom. The van der Waals surface area contributed by atoms with E-state index in [9.17, 15) is 13.6 Å². The Morgan fingerprint density at radius 2 is 2.29 bits per heavy atom. The van der Waals surface area contributed by atoms with Crippen molar-refractivity contribution in [3.05, 3.63) is 27.5 Å². The summed E-state index contributed by atoms with van der Waals surface area (Å²) in [5.74, 6) is -0.166. The van der Waals surface area contributed by atoms with Crippen molar-refractivity contribution in [2.75, 3.05) is 0 Å². The van der Waals surface area contributed by atoms with Crippen LogP contribution in [0, 0.1) is 0 Å². The molecule has 6 heteroatoms. The highest BCUT2D eigenvalue weighted by Crippen LogP contribution is 2.31. The van der Waals surface area contributed by atoms with Gasteiger partial charge in [0.2, 0.25) is 0 Å². The zero-order valence-electron chi connectivity index (χ0n) is 6.81. The highest BCUT2D eigenvalue weighted by Gasteiger charge is 2.19. The number of hydrogen-bond donors (Lipinski definition) is 0. The van der Waals surface area contributed by atoms with Gasteiger partial charge >= 0.3 is 0 Å². The summed E-state index contributed by atoms with van der Waals surface area (Å²) in [6, 6.07) is 0. The molecule has 0 fully saturated rings. The predicted octanol–water partition coefficient (Wildman–Crippen LogP) is 3.33. The van der Waals surface area contributed by atoms with E-state index in [4.69, 9.17) is 11.6 Å². The Hall–Kier alpha value is -0.550. The molecule has 1 heterocycles. The van der Waals surface area contributed by atoms with Crippen LogP contribution in [0.1, 0.15) is 28.0 Å². The second-order valence-electron chi connectivity index (χ2n) is 2.44. The van der Waals surface area contributed by atoms with E-state index >= 15 is 0 Å². The van der Waals surface area contributed by atoms with Gasteiger partial charge in [0.1, 0.15) is 5.69 Å². The molecule has 0 spiro atoms. The van der Waals surface area contributed by atoms with E-state index in [1.165, 1.54) is 6.20 Å². The minimum absolute atomic E-state index is 0.0431. The van der Waals surface area contributed by atoms with Crippen LogP contribution < -0.4 is 0 Å². The van der Waals surface area contributed by atoms with E-state index in [1.54, 1.807) is 0 Å². The van der Waals surface area contributed by atoms with E-state index < -0.39 is 6.43 Å². The van der Waals surface area contributed by atoms with Gasteiger partial charge in [-0.05, 0) is 15.9 Å². The van der Waals surface area contributed by atoms with E-state index in [-0.39, 0.29) is 27.2 Å². The topological polar surface area (TPSA) is 30.0 Å². The minimum atomic E-state index is -2.68. The van der Waals surface area contributed by atoms with Crippen LogP contribution in [-0.4, -0.2) is 11.3 Å². The van der Waals surface area contributed by atoms with E-state index in [0.29, 0.717) is 6.29 Å². The lowest BCUT2D eigenvalue weighted by atomic mass is 10.1. The molecule has 14 heavy (non-hydrogen) atoms. The van der Waals surface area contributed by atoms with Crippen LogP contribution in [0.25, 0.3) is 0 Å². The number of rotatable bonds is 3. The highest BCUT2D eigenvalue weighted by molar-refractivity contribution is 9.10. The number of nitrogens with zero attached hydrogens (tertiary/aromatic N) is 1. The molecule has 0 radical (unpaired) electrons. The summed E-state index contributed by atoms with van der Waals surface area (Å²) in [5.41, 5.74) is -0.235. The standard InChI is InChI=1S/C8H5BrClF2NO/c9-5-2-13-6(3-14)4(1-10)7(5)8(11)12/h2-3,8H,1H2. The van der Waals surface area contributed by atoms with Gasteiger partial charge in [0.15, 0.2) is 6.29 Å². The Labute approximate surface area is 92.4 Å². The first kappa shape index (κ1) is 11.5. The molecular weight excluding hydrogens is 279 g/mol. The molecule has 0 aliphatic heterocycles. The Bertz CT molecular complexity index is 359. The maximum absolute atomic E-state index is 12.6. The quantitative estimate of drug-likeness (QED) is 0.629. The highest BCUT2D eigenvalue weighted by atomic mass is 79.9. The normalized spacial score (nSPS) is 10.6. The zero-order valence-corrected chi connectivity index (χ0v) is 9.15. The summed E-state index contributed by atoms with van der Waals surface area (Å²) in [6.45, 7) is 0. The van der Waals surface area contributed by atoms with Crippen molar-refractivity contribution in [1.82, 2.24) is 4.98 Å². The number of alkyl halides is 3. The maximum atomic E-state index is 12.6. The molecule has 1 aromatic rings. The van der Waals surface area contributed by atoms with E-state index in [0.717, 1.165) is 0 Å². The van der Waals surface area contributed by atoms with Gasteiger partial charge in [0.05, 0.1) is 5.88 Å². The molecule has 0 aliphatic carbocycles. The maximum Gasteiger partial charge on any atom is 0.265 e. The first-order chi connectivity index (χ1) is 6.61. The molecular formula is C8H5BrClF2NO. The van der Waals surface area contributed by atoms with Crippen molar-refractivity contribution in [2.45, 2.75) is 12.3 Å². The average molecular weight is 284 g/mol. The number of aldehydes is 1. The second kappa shape index (κ2) is 4.79. The van der Waals surface area contributed by atoms with Crippen molar-refractivity contribution in [2.24, 2.45) is 0 Å². The van der Waals surface area contributed by atoms with Gasteiger partial charge in [-0.3, -0.25) is 9.78 Å². The van der Waals surface area contributed by atoms with Gasteiger partial charge in [-0.2, -0.15) is 0 Å². The number of hydrogen-bond acceptors (Lipinski definition) is 2. The third-order valence-electron chi connectivity index (χ3n) is 1.67. The summed E-state index contributed by atoms with van der Waals surface area (Å²) in [5, 5.41) is 0. The lowest BCUT2D eigenvalue weighted by molar-refractivity contribution is 0.111. The molecule has 0 unspecified atom stereocenters. The molecule has 0 atom stereocenters. The van der Waals surface area contributed by atoms with Crippen molar-refractivity contribution in [3.8, 4) is 0 Å². The van der Waals surface area contributed by atoms with Gasteiger partial charge in [-0.15, -0.1) is 11.6 Å². The summed E-state index contributed by atoms with van der Waals surface area (Å²) in [7, 11) is 0. The Kier molecular flexibility index (Phi) is 3.95. The number of halogens is 4. The number of aromatic nitrogens is 1. The first-order valence-electron chi connectivity index (χ1n) is 3.58. The van der Waals surface area contributed by atoms with Crippen molar-refractivity contribution >= 4 is 33.8 Å². The minimum Gasteiger partial charge on any atom is -0.296 e. The van der Waals surface area contributed by atoms with Crippen LogP contribution in [0.3, 0.4) is 0 Å². The average Bonchev–Trinajstić information content (AvgIpc) is 2.16. The summed E-state index contributed by atoms with van der Waals surface area (Å²) in [6.07, 6.45) is -1.10. The third kappa shape index (κ3) is 2.09. The summed E-state index contributed by atoms with van der Waals surface area (Å²) < 4.78 is 25.3. The van der Waals surface area contributed by atoms with Crippen LogP contribution in [0.2, 0.25) is 0 Å². The van der Waals surface area contributed by atoms with Gasteiger partial charge in [-0.25, -0.2) is 8.78 Å². The van der Waals surface area contributed by atoms with Crippen molar-refractivity contribution < 1.29 is 13.6 Å². The summed E-state index contributed by atoms with van der Waals surface area (Å²) in [4.78, 5) is 14.2. The SMILES string of the molecule is O=Cc1ncc(Br)c(C(F)F)c1CCl. The molecule has 76 valence electrons. The lowest BCUT2D eigenvalue weighted by Gasteiger charge is -2.09. The third-order valence-corrected chi connectivity index (χ3v) is 2.57. The van der Waals surface area contributed by atoms with Crippen LogP contribution in [0.15, 0.2) is 10.7 Å². The van der Waals surface area contributed by atoms with Crippen molar-refractivity contribution in [3.63, 3.8) is 0 Å². The number of carbonyl (C=O) groups excluding carboxylic acids is 1. The smallest absolute Gasteiger partial charge is 0.265 e. The number of pyridine rings is 1. The van der Waals surface area contributed by atoms with Crippen LogP contribution >= 0.6 is 27.5 Å². The van der Waals surface area contributed by atoms with E-state index in [1.807, 2.05) is 0 Å². The largest absolute Gasteiger partial charge is 0.296 e. The first-order valence-corrected chi connectivity index (χ1v) is 4.91. The van der Waals surface area contributed by atoms with Gasteiger partial charge < -0.3 is 0 Å². The molecule has 0 amide bonds. The monoisotopic (exact) mass is 283 g/mol. The molecule has 0 aliphatic rings. The van der Waals surface area contributed by atoms with Gasteiger partial charge in [0.25, 0.3) is 6.43 Å². The molecule has 0 saturated heterocycles. The molecule has 0 N–H and O–H groups in total. The van der Waals surface area contributed by atoms with Crippen LogP contribution in [0.4, 0.5) is 8.78 Å². The fourth-order valence-corrected chi connectivity index (χ4v) is 1.83. The fraction of sp³-hybridized carbons (Fsp3) is 0.250. The Morgan fingerprint density at radius 3 is 2.71 bits per heavy atom. The van der Waals surface area contributed by atoms with Gasteiger partial charge in [-0.1, -0.05) is 0 Å². The molecule has 0 aromatic carbocycles. The molecule has 0 bridgehead atoms. The molecule has 1 rings (SSSR count). The van der Waals surface area contributed by atoms with E-state index in [2.05, 4.69) is 20.9 Å². The van der Waals surface area contributed by atoms with Crippen molar-refractivity contribution in [1.29, 1.82) is 0 Å². The second-order valence-corrected chi connectivity index (χ2v) is 3.56. The lowest BCUT2D eigenvalue weighted by Crippen LogP contribution is -2.02. The fourth-order valence-electron chi connectivity index (χ4n) is 1.03. The molecule has 1 aromatic heterocycles.